The van der Waals surface area contributed by atoms with E-state index in [1.54, 1.807) is 0 Å². The van der Waals surface area contributed by atoms with Gasteiger partial charge >= 0.3 is 0 Å². The first kappa shape index (κ1) is 15.3. The van der Waals surface area contributed by atoms with Gasteiger partial charge in [-0.1, -0.05) is 49.6 Å². The number of fused-ring (bicyclic) bond motifs is 1. The van der Waals surface area contributed by atoms with Crippen molar-refractivity contribution < 1.29 is 4.79 Å². The average Bonchev–Trinajstić information content (AvgIpc) is 2.80. The highest BCUT2D eigenvalue weighted by Crippen LogP contribution is 2.29. The molecule has 0 radical (unpaired) electrons. The third-order valence-electron chi connectivity index (χ3n) is 3.35. The number of nitrogens with zero attached hydrogens (tertiary/aromatic N) is 1. The van der Waals surface area contributed by atoms with Crippen LogP contribution in [0.4, 0.5) is 5.13 Å². The zero-order valence-electron chi connectivity index (χ0n) is 11.8. The van der Waals surface area contributed by atoms with E-state index >= 15 is 0 Å². The number of halogens is 1. The molecule has 0 saturated heterocycles. The van der Waals surface area contributed by atoms with Crippen molar-refractivity contribution in [2.45, 2.75) is 39.5 Å². The van der Waals surface area contributed by atoms with Gasteiger partial charge in [0.1, 0.15) is 0 Å². The van der Waals surface area contributed by atoms with E-state index in [0.29, 0.717) is 10.2 Å². The van der Waals surface area contributed by atoms with Crippen molar-refractivity contribution in [2.75, 3.05) is 5.32 Å². The molecule has 1 amide bonds. The van der Waals surface area contributed by atoms with Gasteiger partial charge in [0.25, 0.3) is 0 Å². The number of nitrogens with one attached hydrogen (secondary N) is 1. The molecule has 5 heteroatoms. The van der Waals surface area contributed by atoms with Crippen LogP contribution in [-0.4, -0.2) is 10.9 Å². The quantitative estimate of drug-likeness (QED) is 0.806. The molecule has 1 aromatic carbocycles. The summed E-state index contributed by atoms with van der Waals surface area (Å²) in [7, 11) is 0. The number of rotatable bonds is 6. The standard InChI is InChI=1S/C15H19ClN2OS/c1-3-5-6-10(4-2)14(19)18-15-17-12-8-7-11(16)9-13(12)20-15/h7-10H,3-6H2,1-2H3,(H,17,18,19)/t10-/m0/s1. The summed E-state index contributed by atoms with van der Waals surface area (Å²) in [4.78, 5) is 16.6. The van der Waals surface area contributed by atoms with Gasteiger partial charge in [-0.3, -0.25) is 4.79 Å². The van der Waals surface area contributed by atoms with Crippen molar-refractivity contribution in [2.24, 2.45) is 5.92 Å². The summed E-state index contributed by atoms with van der Waals surface area (Å²) in [6, 6.07) is 5.56. The minimum atomic E-state index is 0.0746. The first-order chi connectivity index (χ1) is 9.63. The molecular formula is C15H19ClN2OS. The van der Waals surface area contributed by atoms with E-state index in [0.717, 1.165) is 35.9 Å². The molecule has 1 atom stereocenters. The van der Waals surface area contributed by atoms with Crippen molar-refractivity contribution in [3.63, 3.8) is 0 Å². The molecule has 0 aliphatic heterocycles. The third kappa shape index (κ3) is 3.70. The van der Waals surface area contributed by atoms with Gasteiger partial charge in [-0.2, -0.15) is 0 Å². The monoisotopic (exact) mass is 310 g/mol. The molecule has 0 aliphatic rings. The Morgan fingerprint density at radius 1 is 1.45 bits per heavy atom. The minimum Gasteiger partial charge on any atom is -0.302 e. The molecule has 2 aromatic rings. The van der Waals surface area contributed by atoms with Gasteiger partial charge < -0.3 is 5.32 Å². The number of unbranched alkanes of at least 4 members (excludes halogenated alkanes) is 1. The molecule has 0 spiro atoms. The number of amides is 1. The Labute approximate surface area is 128 Å². The lowest BCUT2D eigenvalue weighted by atomic mass is 9.99. The predicted octanol–water partition coefficient (Wildman–Crippen LogP) is 5.10. The second-order valence-corrected chi connectivity index (χ2v) is 6.33. The summed E-state index contributed by atoms with van der Waals surface area (Å²) in [6.45, 7) is 4.19. The van der Waals surface area contributed by atoms with E-state index in [4.69, 9.17) is 11.6 Å². The number of thiazole rings is 1. The molecule has 108 valence electrons. The zero-order valence-corrected chi connectivity index (χ0v) is 13.4. The summed E-state index contributed by atoms with van der Waals surface area (Å²) in [6.07, 6.45) is 4.00. The fourth-order valence-electron chi connectivity index (χ4n) is 2.13. The van der Waals surface area contributed by atoms with Crippen molar-refractivity contribution in [3.05, 3.63) is 23.2 Å². The highest BCUT2D eigenvalue weighted by molar-refractivity contribution is 7.22. The van der Waals surface area contributed by atoms with E-state index in [1.807, 2.05) is 18.2 Å². The maximum absolute atomic E-state index is 12.2. The molecule has 0 bridgehead atoms. The number of carbonyl (C=O) groups excluding carboxylic acids is 1. The number of anilines is 1. The van der Waals surface area contributed by atoms with Gasteiger partial charge in [-0.15, -0.1) is 0 Å². The second kappa shape index (κ2) is 7.04. The Morgan fingerprint density at radius 3 is 2.95 bits per heavy atom. The summed E-state index contributed by atoms with van der Waals surface area (Å²) in [5, 5.41) is 4.28. The van der Waals surface area contributed by atoms with Gasteiger partial charge in [0, 0.05) is 10.9 Å². The topological polar surface area (TPSA) is 42.0 Å². The Morgan fingerprint density at radius 2 is 2.25 bits per heavy atom. The Bertz CT molecular complexity index is 597. The Kier molecular flexibility index (Phi) is 5.38. The molecule has 0 fully saturated rings. The van der Waals surface area contributed by atoms with Crippen LogP contribution in [0.3, 0.4) is 0 Å². The lowest BCUT2D eigenvalue weighted by Gasteiger charge is -2.12. The first-order valence-electron chi connectivity index (χ1n) is 7.01. The van der Waals surface area contributed by atoms with Crippen LogP contribution in [0.5, 0.6) is 0 Å². The number of benzene rings is 1. The second-order valence-electron chi connectivity index (χ2n) is 4.87. The Hall–Kier alpha value is -1.13. The maximum Gasteiger partial charge on any atom is 0.229 e. The van der Waals surface area contributed by atoms with Gasteiger partial charge in [0.2, 0.25) is 5.91 Å². The van der Waals surface area contributed by atoms with Crippen LogP contribution in [0.1, 0.15) is 39.5 Å². The normalized spacial score (nSPS) is 12.6. The smallest absolute Gasteiger partial charge is 0.229 e. The molecule has 3 nitrogen and oxygen atoms in total. The lowest BCUT2D eigenvalue weighted by molar-refractivity contribution is -0.120. The SMILES string of the molecule is CCCC[C@H](CC)C(=O)Nc1nc2ccc(Cl)cc2s1. The van der Waals surface area contributed by atoms with Gasteiger partial charge in [0.15, 0.2) is 5.13 Å². The molecule has 0 unspecified atom stereocenters. The van der Waals surface area contributed by atoms with Crippen molar-refractivity contribution in [1.82, 2.24) is 4.98 Å². The number of aromatic nitrogens is 1. The van der Waals surface area contributed by atoms with Gasteiger partial charge in [-0.05, 0) is 31.0 Å². The van der Waals surface area contributed by atoms with E-state index in [9.17, 15) is 4.79 Å². The fraction of sp³-hybridized carbons (Fsp3) is 0.467. The average molecular weight is 311 g/mol. The minimum absolute atomic E-state index is 0.0746. The third-order valence-corrected chi connectivity index (χ3v) is 4.52. The highest BCUT2D eigenvalue weighted by Gasteiger charge is 2.17. The van der Waals surface area contributed by atoms with E-state index in [-0.39, 0.29) is 11.8 Å². The molecule has 1 aromatic heterocycles. The highest BCUT2D eigenvalue weighted by atomic mass is 35.5. The van der Waals surface area contributed by atoms with Gasteiger partial charge in [0.05, 0.1) is 10.2 Å². The molecule has 20 heavy (non-hydrogen) atoms. The largest absolute Gasteiger partial charge is 0.302 e. The molecule has 0 aliphatic carbocycles. The summed E-state index contributed by atoms with van der Waals surface area (Å²) >= 11 is 7.42. The van der Waals surface area contributed by atoms with Crippen LogP contribution in [0.15, 0.2) is 18.2 Å². The van der Waals surface area contributed by atoms with Crippen LogP contribution in [0.2, 0.25) is 5.02 Å². The van der Waals surface area contributed by atoms with E-state index in [1.165, 1.54) is 11.3 Å². The van der Waals surface area contributed by atoms with Crippen LogP contribution in [0.25, 0.3) is 10.2 Å². The number of hydrogen-bond donors (Lipinski definition) is 1. The molecule has 1 heterocycles. The Balaban J connectivity index is 2.08. The van der Waals surface area contributed by atoms with E-state index in [2.05, 4.69) is 24.1 Å². The predicted molar refractivity (Wildman–Crippen MR) is 86.6 cm³/mol. The van der Waals surface area contributed by atoms with Crippen LogP contribution >= 0.6 is 22.9 Å². The fourth-order valence-corrected chi connectivity index (χ4v) is 3.28. The van der Waals surface area contributed by atoms with Gasteiger partial charge in [-0.25, -0.2) is 4.98 Å². The van der Waals surface area contributed by atoms with Crippen LogP contribution < -0.4 is 5.32 Å². The van der Waals surface area contributed by atoms with Crippen molar-refractivity contribution in [1.29, 1.82) is 0 Å². The lowest BCUT2D eigenvalue weighted by Crippen LogP contribution is -2.22. The van der Waals surface area contributed by atoms with Crippen LogP contribution in [-0.2, 0) is 4.79 Å². The summed E-state index contributed by atoms with van der Waals surface area (Å²) < 4.78 is 0.995. The van der Waals surface area contributed by atoms with E-state index < -0.39 is 0 Å². The molecule has 1 N–H and O–H groups in total. The number of hydrogen-bond acceptors (Lipinski definition) is 3. The zero-order chi connectivity index (χ0) is 14.5. The summed E-state index contributed by atoms with van der Waals surface area (Å²) in [5.74, 6) is 0.150. The molecule has 2 rings (SSSR count). The first-order valence-corrected chi connectivity index (χ1v) is 8.20. The number of carbonyl (C=O) groups is 1. The summed E-state index contributed by atoms with van der Waals surface area (Å²) in [5.41, 5.74) is 0.872. The van der Waals surface area contributed by atoms with Crippen molar-refractivity contribution in [3.8, 4) is 0 Å². The molecular weight excluding hydrogens is 292 g/mol. The maximum atomic E-state index is 12.2. The molecule has 0 saturated carbocycles. The van der Waals surface area contributed by atoms with Crippen molar-refractivity contribution >= 4 is 44.2 Å². The van der Waals surface area contributed by atoms with Crippen LogP contribution in [0, 0.1) is 5.92 Å².